The summed E-state index contributed by atoms with van der Waals surface area (Å²) in [5.41, 5.74) is 8.26. The maximum Gasteiger partial charge on any atom is 0.0836 e. The summed E-state index contributed by atoms with van der Waals surface area (Å²) in [6.07, 6.45) is 12.2. The summed E-state index contributed by atoms with van der Waals surface area (Å²) < 4.78 is 0. The highest BCUT2D eigenvalue weighted by atomic mass is 32.1. The van der Waals surface area contributed by atoms with E-state index in [1.54, 1.807) is 0 Å². The summed E-state index contributed by atoms with van der Waals surface area (Å²) in [6.45, 7) is 6.83. The largest absolute Gasteiger partial charge is 0.393 e. The van der Waals surface area contributed by atoms with Crippen molar-refractivity contribution in [3.63, 3.8) is 0 Å². The number of piperidine rings is 1. The molecular formula is C17H21N3S. The molecule has 4 heteroatoms. The van der Waals surface area contributed by atoms with Crippen LogP contribution in [0.3, 0.4) is 0 Å². The Morgan fingerprint density at radius 3 is 2.67 bits per heavy atom. The van der Waals surface area contributed by atoms with Gasteiger partial charge in [-0.25, -0.2) is 0 Å². The van der Waals surface area contributed by atoms with Crippen LogP contribution >= 0.6 is 12.2 Å². The fraction of sp³-hybridized carbons (Fsp3) is 0.412. The van der Waals surface area contributed by atoms with Crippen molar-refractivity contribution >= 4 is 17.2 Å². The van der Waals surface area contributed by atoms with Gasteiger partial charge in [-0.1, -0.05) is 36.5 Å². The highest BCUT2D eigenvalue weighted by Gasteiger charge is 2.48. The van der Waals surface area contributed by atoms with Gasteiger partial charge in [-0.05, 0) is 30.9 Å². The van der Waals surface area contributed by atoms with Crippen molar-refractivity contribution in [2.75, 3.05) is 6.54 Å². The number of fused-ring (bicyclic) bond motifs is 2. The number of nitrogens with zero attached hydrogens (tertiary/aromatic N) is 2. The predicted octanol–water partition coefficient (Wildman–Crippen LogP) is 2.50. The van der Waals surface area contributed by atoms with E-state index in [9.17, 15) is 0 Å². The second-order valence-corrected chi connectivity index (χ2v) is 6.55. The van der Waals surface area contributed by atoms with Gasteiger partial charge < -0.3 is 5.73 Å². The zero-order valence-electron chi connectivity index (χ0n) is 12.3. The molecule has 0 aromatic carbocycles. The van der Waals surface area contributed by atoms with Crippen LogP contribution in [0.2, 0.25) is 0 Å². The Labute approximate surface area is 131 Å². The van der Waals surface area contributed by atoms with Crippen LogP contribution in [0.15, 0.2) is 43.3 Å². The van der Waals surface area contributed by atoms with Crippen LogP contribution in [0.25, 0.3) is 0 Å². The third kappa shape index (κ3) is 2.32. The van der Waals surface area contributed by atoms with E-state index in [0.717, 1.165) is 30.5 Å². The van der Waals surface area contributed by atoms with Crippen molar-refractivity contribution in [1.82, 2.24) is 9.88 Å². The number of pyridine rings is 1. The highest BCUT2D eigenvalue weighted by molar-refractivity contribution is 7.80. The fourth-order valence-corrected chi connectivity index (χ4v) is 3.99. The number of aryl methyl sites for hydroxylation is 1. The molecule has 110 valence electrons. The molecule has 0 radical (unpaired) electrons. The van der Waals surface area contributed by atoms with Crippen molar-refractivity contribution < 1.29 is 0 Å². The van der Waals surface area contributed by atoms with E-state index in [2.05, 4.69) is 41.6 Å². The Morgan fingerprint density at radius 2 is 2.14 bits per heavy atom. The summed E-state index contributed by atoms with van der Waals surface area (Å²) >= 11 is 5.47. The average molecular weight is 299 g/mol. The summed E-state index contributed by atoms with van der Waals surface area (Å²) in [5.74, 6) is 0. The predicted molar refractivity (Wildman–Crippen MR) is 90.3 cm³/mol. The number of hydrogen-bond donors (Lipinski definition) is 1. The molecule has 3 rings (SSSR count). The Kier molecular flexibility index (Phi) is 3.68. The number of hydrogen-bond acceptors (Lipinski definition) is 3. The van der Waals surface area contributed by atoms with Gasteiger partial charge in [0, 0.05) is 31.0 Å². The van der Waals surface area contributed by atoms with Crippen molar-refractivity contribution in [1.29, 1.82) is 0 Å². The molecule has 1 fully saturated rings. The lowest BCUT2D eigenvalue weighted by molar-refractivity contribution is 0.138. The highest BCUT2D eigenvalue weighted by Crippen LogP contribution is 2.44. The SMILES string of the molecule is C=CCN1C2C=CC1CC(C(N)=S)(c1cncc(C)c1)C2. The molecule has 2 unspecified atom stereocenters. The molecule has 2 aliphatic heterocycles. The quantitative estimate of drug-likeness (QED) is 0.685. The van der Waals surface area contributed by atoms with Gasteiger partial charge in [0.25, 0.3) is 0 Å². The van der Waals surface area contributed by atoms with Crippen molar-refractivity contribution in [3.05, 3.63) is 54.4 Å². The van der Waals surface area contributed by atoms with Crippen LogP contribution in [-0.2, 0) is 5.41 Å². The Balaban J connectivity index is 1.99. The third-order valence-electron chi connectivity index (χ3n) is 4.76. The topological polar surface area (TPSA) is 42.1 Å². The van der Waals surface area contributed by atoms with Crippen LogP contribution < -0.4 is 5.73 Å². The first-order chi connectivity index (χ1) is 10.1. The van der Waals surface area contributed by atoms with Gasteiger partial charge in [0.15, 0.2) is 0 Å². The summed E-state index contributed by atoms with van der Waals surface area (Å²) in [4.78, 5) is 7.40. The number of rotatable bonds is 4. The van der Waals surface area contributed by atoms with Gasteiger partial charge in [-0.15, -0.1) is 6.58 Å². The van der Waals surface area contributed by atoms with E-state index in [4.69, 9.17) is 18.0 Å². The van der Waals surface area contributed by atoms with Crippen LogP contribution in [0, 0.1) is 6.92 Å². The lowest BCUT2D eigenvalue weighted by Gasteiger charge is -2.46. The molecule has 1 aromatic rings. The van der Waals surface area contributed by atoms with Crippen LogP contribution in [0.1, 0.15) is 24.0 Å². The van der Waals surface area contributed by atoms with Gasteiger partial charge in [0.05, 0.1) is 10.4 Å². The average Bonchev–Trinajstić information content (AvgIpc) is 2.71. The summed E-state index contributed by atoms with van der Waals surface area (Å²) in [7, 11) is 0. The molecule has 2 N–H and O–H groups in total. The second-order valence-electron chi connectivity index (χ2n) is 6.11. The minimum Gasteiger partial charge on any atom is -0.393 e. The molecule has 21 heavy (non-hydrogen) atoms. The Hall–Kier alpha value is -1.52. The van der Waals surface area contributed by atoms with Crippen molar-refractivity contribution in [3.8, 4) is 0 Å². The molecule has 2 atom stereocenters. The van der Waals surface area contributed by atoms with E-state index >= 15 is 0 Å². The van der Waals surface area contributed by atoms with Gasteiger partial charge in [0.2, 0.25) is 0 Å². The van der Waals surface area contributed by atoms with Crippen LogP contribution in [0.5, 0.6) is 0 Å². The Morgan fingerprint density at radius 1 is 1.48 bits per heavy atom. The first-order valence-electron chi connectivity index (χ1n) is 7.34. The smallest absolute Gasteiger partial charge is 0.0836 e. The summed E-state index contributed by atoms with van der Waals surface area (Å²) in [6, 6.07) is 2.93. The van der Waals surface area contributed by atoms with Gasteiger partial charge in [0.1, 0.15) is 0 Å². The van der Waals surface area contributed by atoms with Gasteiger partial charge in [-0.3, -0.25) is 9.88 Å². The van der Waals surface area contributed by atoms with Crippen molar-refractivity contribution in [2.45, 2.75) is 37.3 Å². The van der Waals surface area contributed by atoms with E-state index < -0.39 is 0 Å². The maximum atomic E-state index is 6.19. The molecule has 2 bridgehead atoms. The zero-order valence-corrected chi connectivity index (χ0v) is 13.1. The lowest BCUT2D eigenvalue weighted by Crippen LogP contribution is -2.54. The fourth-order valence-electron chi connectivity index (χ4n) is 3.71. The molecule has 1 aromatic heterocycles. The van der Waals surface area contributed by atoms with E-state index in [1.165, 1.54) is 0 Å². The minimum atomic E-state index is -0.245. The Bertz CT molecular complexity index is 592. The number of nitrogens with two attached hydrogens (primary N) is 1. The third-order valence-corrected chi connectivity index (χ3v) is 5.15. The van der Waals surface area contributed by atoms with Crippen LogP contribution in [0.4, 0.5) is 0 Å². The standard InChI is InChI=1S/C17H21N3S/c1-3-6-20-14-4-5-15(20)9-17(8-14,16(18)21)13-7-12(2)10-19-11-13/h3-5,7,10-11,14-15H,1,6,8-9H2,2H3,(H2,18,21). The first kappa shape index (κ1) is 14.4. The van der Waals surface area contributed by atoms with Crippen molar-refractivity contribution in [2.24, 2.45) is 5.73 Å². The van der Waals surface area contributed by atoms with Gasteiger partial charge in [-0.2, -0.15) is 0 Å². The van der Waals surface area contributed by atoms with E-state index in [-0.39, 0.29) is 5.41 Å². The second kappa shape index (κ2) is 5.35. The van der Waals surface area contributed by atoms with E-state index in [0.29, 0.717) is 17.1 Å². The molecular weight excluding hydrogens is 278 g/mol. The molecule has 3 nitrogen and oxygen atoms in total. The molecule has 1 saturated heterocycles. The van der Waals surface area contributed by atoms with Gasteiger partial charge >= 0.3 is 0 Å². The minimum absolute atomic E-state index is 0.245. The lowest BCUT2D eigenvalue weighted by atomic mass is 9.69. The van der Waals surface area contributed by atoms with Crippen LogP contribution in [-0.4, -0.2) is 33.5 Å². The zero-order chi connectivity index (χ0) is 15.0. The summed E-state index contributed by atoms with van der Waals surface area (Å²) in [5, 5.41) is 0. The molecule has 0 amide bonds. The first-order valence-corrected chi connectivity index (χ1v) is 7.74. The normalized spacial score (nSPS) is 31.3. The molecule has 0 aliphatic carbocycles. The molecule has 2 aliphatic rings. The number of thiocarbonyl (C=S) groups is 1. The molecule has 0 spiro atoms. The number of aromatic nitrogens is 1. The molecule has 0 saturated carbocycles. The molecule has 3 heterocycles. The van der Waals surface area contributed by atoms with E-state index in [1.807, 2.05) is 18.5 Å². The monoisotopic (exact) mass is 299 g/mol. The maximum absolute atomic E-state index is 6.19.